The highest BCUT2D eigenvalue weighted by atomic mass is 14.9. The van der Waals surface area contributed by atoms with Gasteiger partial charge in [-0.1, -0.05) is 26.0 Å². The molecule has 0 heterocycles. The second kappa shape index (κ2) is 6.46. The summed E-state index contributed by atoms with van der Waals surface area (Å²) < 4.78 is 0. The first-order valence-corrected chi connectivity index (χ1v) is 5.76. The summed E-state index contributed by atoms with van der Waals surface area (Å²) in [5.41, 5.74) is 7.86. The Labute approximate surface area is 92.9 Å². The molecule has 0 atom stereocenters. The summed E-state index contributed by atoms with van der Waals surface area (Å²) >= 11 is 0. The van der Waals surface area contributed by atoms with Crippen LogP contribution in [0.5, 0.6) is 0 Å². The summed E-state index contributed by atoms with van der Waals surface area (Å²) in [6.07, 6.45) is 3.63. The highest BCUT2D eigenvalue weighted by molar-refractivity contribution is 5.39. The molecule has 1 aromatic rings. The molecule has 0 saturated carbocycles. The first kappa shape index (κ1) is 12.1. The molecule has 2 nitrogen and oxygen atoms in total. The van der Waals surface area contributed by atoms with Gasteiger partial charge in [0.1, 0.15) is 0 Å². The average molecular weight is 206 g/mol. The SMILES string of the molecule is CC(C)NCCCCc1ccc(N)cc1. The number of hydrogen-bond donors (Lipinski definition) is 2. The summed E-state index contributed by atoms with van der Waals surface area (Å²) in [4.78, 5) is 0. The average Bonchev–Trinajstić information content (AvgIpc) is 2.20. The molecule has 0 aliphatic carbocycles. The van der Waals surface area contributed by atoms with Crippen molar-refractivity contribution in [3.05, 3.63) is 29.8 Å². The lowest BCUT2D eigenvalue weighted by Crippen LogP contribution is -2.23. The standard InChI is InChI=1S/C13H22N2/c1-11(2)15-10-4-3-5-12-6-8-13(14)9-7-12/h6-9,11,15H,3-5,10,14H2,1-2H3. The highest BCUT2D eigenvalue weighted by Crippen LogP contribution is 2.08. The minimum Gasteiger partial charge on any atom is -0.399 e. The number of unbranched alkanes of at least 4 members (excludes halogenated alkanes) is 1. The maximum atomic E-state index is 5.63. The minimum absolute atomic E-state index is 0.599. The first-order chi connectivity index (χ1) is 7.18. The van der Waals surface area contributed by atoms with Crippen molar-refractivity contribution in [2.45, 2.75) is 39.2 Å². The quantitative estimate of drug-likeness (QED) is 0.554. The lowest BCUT2D eigenvalue weighted by atomic mass is 10.1. The molecule has 0 aliphatic heterocycles. The molecule has 1 aromatic carbocycles. The number of nitrogen functional groups attached to an aromatic ring is 1. The van der Waals surface area contributed by atoms with Crippen molar-refractivity contribution in [3.8, 4) is 0 Å². The molecule has 0 aromatic heterocycles. The topological polar surface area (TPSA) is 38.0 Å². The highest BCUT2D eigenvalue weighted by Gasteiger charge is 1.94. The van der Waals surface area contributed by atoms with Crippen molar-refractivity contribution < 1.29 is 0 Å². The van der Waals surface area contributed by atoms with Crippen molar-refractivity contribution in [3.63, 3.8) is 0 Å². The minimum atomic E-state index is 0.599. The third-order valence-corrected chi connectivity index (χ3v) is 2.42. The van der Waals surface area contributed by atoms with Gasteiger partial charge in [-0.05, 0) is 43.5 Å². The van der Waals surface area contributed by atoms with Crippen molar-refractivity contribution in [2.24, 2.45) is 0 Å². The van der Waals surface area contributed by atoms with E-state index in [9.17, 15) is 0 Å². The fourth-order valence-corrected chi connectivity index (χ4v) is 1.53. The van der Waals surface area contributed by atoms with Gasteiger partial charge in [-0.15, -0.1) is 0 Å². The predicted molar refractivity (Wildman–Crippen MR) is 66.9 cm³/mol. The Kier molecular flexibility index (Phi) is 5.19. The lowest BCUT2D eigenvalue weighted by Gasteiger charge is -2.07. The van der Waals surface area contributed by atoms with Crippen molar-refractivity contribution in [1.82, 2.24) is 5.32 Å². The molecule has 3 N–H and O–H groups in total. The van der Waals surface area contributed by atoms with Crippen LogP contribution in [0.4, 0.5) is 5.69 Å². The second-order valence-electron chi connectivity index (χ2n) is 4.31. The molecule has 0 amide bonds. The van der Waals surface area contributed by atoms with E-state index in [4.69, 9.17) is 5.73 Å². The molecule has 0 aliphatic rings. The van der Waals surface area contributed by atoms with E-state index in [2.05, 4.69) is 31.3 Å². The summed E-state index contributed by atoms with van der Waals surface area (Å²) in [7, 11) is 0. The zero-order valence-corrected chi connectivity index (χ0v) is 9.79. The van der Waals surface area contributed by atoms with Crippen LogP contribution in [-0.4, -0.2) is 12.6 Å². The Morgan fingerprint density at radius 1 is 1.13 bits per heavy atom. The summed E-state index contributed by atoms with van der Waals surface area (Å²) in [5.74, 6) is 0. The van der Waals surface area contributed by atoms with Gasteiger partial charge in [0, 0.05) is 11.7 Å². The maximum absolute atomic E-state index is 5.63. The third kappa shape index (κ3) is 5.43. The maximum Gasteiger partial charge on any atom is 0.0314 e. The van der Waals surface area contributed by atoms with E-state index >= 15 is 0 Å². The molecule has 2 heteroatoms. The van der Waals surface area contributed by atoms with Gasteiger partial charge in [0.05, 0.1) is 0 Å². The van der Waals surface area contributed by atoms with Gasteiger partial charge in [-0.2, -0.15) is 0 Å². The normalized spacial score (nSPS) is 10.9. The summed E-state index contributed by atoms with van der Waals surface area (Å²) in [6, 6.07) is 8.78. The molecular weight excluding hydrogens is 184 g/mol. The van der Waals surface area contributed by atoms with Crippen molar-refractivity contribution in [2.75, 3.05) is 12.3 Å². The van der Waals surface area contributed by atoms with Crippen LogP contribution in [0.25, 0.3) is 0 Å². The smallest absolute Gasteiger partial charge is 0.0314 e. The van der Waals surface area contributed by atoms with Crippen LogP contribution in [0.1, 0.15) is 32.3 Å². The number of anilines is 1. The monoisotopic (exact) mass is 206 g/mol. The molecule has 1 rings (SSSR count). The first-order valence-electron chi connectivity index (χ1n) is 5.76. The zero-order valence-electron chi connectivity index (χ0n) is 9.79. The molecule has 0 saturated heterocycles. The molecule has 0 bridgehead atoms. The summed E-state index contributed by atoms with van der Waals surface area (Å²) in [5, 5.41) is 3.42. The van der Waals surface area contributed by atoms with E-state index in [1.165, 1.54) is 18.4 Å². The fraction of sp³-hybridized carbons (Fsp3) is 0.538. The van der Waals surface area contributed by atoms with E-state index in [0.29, 0.717) is 6.04 Å². The van der Waals surface area contributed by atoms with Gasteiger partial charge in [0.15, 0.2) is 0 Å². The van der Waals surface area contributed by atoms with Gasteiger partial charge < -0.3 is 11.1 Å². The molecule has 0 fully saturated rings. The number of nitrogens with two attached hydrogens (primary N) is 1. The lowest BCUT2D eigenvalue weighted by molar-refractivity contribution is 0.557. The zero-order chi connectivity index (χ0) is 11.1. The fourth-order valence-electron chi connectivity index (χ4n) is 1.53. The van der Waals surface area contributed by atoms with E-state index in [0.717, 1.165) is 18.7 Å². The number of aryl methyl sites for hydroxylation is 1. The Morgan fingerprint density at radius 2 is 1.80 bits per heavy atom. The Hall–Kier alpha value is -1.02. The molecule has 0 spiro atoms. The van der Waals surface area contributed by atoms with Crippen LogP contribution in [0.2, 0.25) is 0 Å². The Morgan fingerprint density at radius 3 is 2.40 bits per heavy atom. The Balaban J connectivity index is 2.12. The number of rotatable bonds is 6. The molecule has 84 valence electrons. The van der Waals surface area contributed by atoms with Gasteiger partial charge >= 0.3 is 0 Å². The van der Waals surface area contributed by atoms with Gasteiger partial charge in [-0.25, -0.2) is 0 Å². The van der Waals surface area contributed by atoms with Crippen LogP contribution in [-0.2, 0) is 6.42 Å². The van der Waals surface area contributed by atoms with Crippen LogP contribution >= 0.6 is 0 Å². The van der Waals surface area contributed by atoms with Crippen LogP contribution in [0.3, 0.4) is 0 Å². The van der Waals surface area contributed by atoms with E-state index in [1.807, 2.05) is 12.1 Å². The predicted octanol–water partition coefficient (Wildman–Crippen LogP) is 2.59. The van der Waals surface area contributed by atoms with Crippen molar-refractivity contribution >= 4 is 5.69 Å². The molecular formula is C13H22N2. The van der Waals surface area contributed by atoms with Gasteiger partial charge in [0.2, 0.25) is 0 Å². The second-order valence-corrected chi connectivity index (χ2v) is 4.31. The van der Waals surface area contributed by atoms with E-state index < -0.39 is 0 Å². The summed E-state index contributed by atoms with van der Waals surface area (Å²) in [6.45, 7) is 5.48. The molecule has 15 heavy (non-hydrogen) atoms. The van der Waals surface area contributed by atoms with Gasteiger partial charge in [-0.3, -0.25) is 0 Å². The van der Waals surface area contributed by atoms with Crippen molar-refractivity contribution in [1.29, 1.82) is 0 Å². The number of hydrogen-bond acceptors (Lipinski definition) is 2. The number of nitrogens with one attached hydrogen (secondary N) is 1. The van der Waals surface area contributed by atoms with E-state index in [1.54, 1.807) is 0 Å². The number of benzene rings is 1. The van der Waals surface area contributed by atoms with E-state index in [-0.39, 0.29) is 0 Å². The largest absolute Gasteiger partial charge is 0.399 e. The molecule has 0 radical (unpaired) electrons. The Bertz CT molecular complexity index is 264. The van der Waals surface area contributed by atoms with Crippen LogP contribution in [0, 0.1) is 0 Å². The van der Waals surface area contributed by atoms with Crippen LogP contribution in [0.15, 0.2) is 24.3 Å². The molecule has 0 unspecified atom stereocenters. The van der Waals surface area contributed by atoms with Gasteiger partial charge in [0.25, 0.3) is 0 Å². The third-order valence-electron chi connectivity index (χ3n) is 2.42. The van der Waals surface area contributed by atoms with Crippen LogP contribution < -0.4 is 11.1 Å².